The monoisotopic (exact) mass is 379 g/mol. The van der Waals surface area contributed by atoms with Crippen LogP contribution in [0.15, 0.2) is 0 Å². The maximum atomic E-state index is 2.85. The Kier molecular flexibility index (Phi) is 17.9. The smallest absolute Gasteiger partial charge is 0.000965 e. The van der Waals surface area contributed by atoms with Crippen molar-refractivity contribution in [2.45, 2.75) is 142 Å². The molecule has 1 nitrogen and oxygen atoms in total. The fraction of sp³-hybridized carbons (Fsp3) is 1.00. The van der Waals surface area contributed by atoms with Gasteiger partial charge in [-0.1, -0.05) is 117 Å². The minimum absolute atomic E-state index is 1.02. The molecule has 1 rings (SSSR count). The van der Waals surface area contributed by atoms with Crippen molar-refractivity contribution in [3.05, 3.63) is 0 Å². The first-order chi connectivity index (χ1) is 13.4. The van der Waals surface area contributed by atoms with Crippen LogP contribution < -0.4 is 0 Å². The van der Waals surface area contributed by atoms with Crippen LogP contribution in [0.25, 0.3) is 0 Å². The van der Waals surface area contributed by atoms with Gasteiger partial charge in [-0.25, -0.2) is 0 Å². The molecule has 1 aliphatic rings. The Balaban J connectivity index is 2.06. The maximum absolute atomic E-state index is 2.85. The SMILES string of the molecule is CCCCCCCCCCN(CCCCCCCCCC)CC1CCCC1. The third-order valence-corrected chi connectivity index (χ3v) is 6.65. The van der Waals surface area contributed by atoms with Crippen LogP contribution in [0.3, 0.4) is 0 Å². The number of unbranched alkanes of at least 4 members (excludes halogenated alkanes) is 14. The van der Waals surface area contributed by atoms with Crippen molar-refractivity contribution in [1.29, 1.82) is 0 Å². The molecule has 0 amide bonds. The fourth-order valence-corrected chi connectivity index (χ4v) is 4.79. The van der Waals surface area contributed by atoms with Gasteiger partial charge in [0.2, 0.25) is 0 Å². The van der Waals surface area contributed by atoms with Gasteiger partial charge in [-0.2, -0.15) is 0 Å². The lowest BCUT2D eigenvalue weighted by Gasteiger charge is -2.25. The van der Waals surface area contributed by atoms with E-state index in [9.17, 15) is 0 Å². The molecule has 0 radical (unpaired) electrons. The Hall–Kier alpha value is -0.0400. The molecule has 0 aliphatic heterocycles. The molecule has 0 saturated heterocycles. The molecule has 0 aromatic carbocycles. The molecule has 0 atom stereocenters. The molecule has 0 aromatic heterocycles. The largest absolute Gasteiger partial charge is 0.303 e. The summed E-state index contributed by atoms with van der Waals surface area (Å²) in [6, 6.07) is 0. The van der Waals surface area contributed by atoms with E-state index in [-0.39, 0.29) is 0 Å². The molecule has 0 N–H and O–H groups in total. The van der Waals surface area contributed by atoms with Crippen molar-refractivity contribution in [1.82, 2.24) is 4.90 Å². The molecule has 1 heteroatoms. The van der Waals surface area contributed by atoms with E-state index in [4.69, 9.17) is 0 Å². The van der Waals surface area contributed by atoms with E-state index in [1.165, 1.54) is 148 Å². The molecular weight excluding hydrogens is 326 g/mol. The first-order valence-corrected chi connectivity index (χ1v) is 13.1. The third-order valence-electron chi connectivity index (χ3n) is 6.65. The number of hydrogen-bond donors (Lipinski definition) is 0. The third kappa shape index (κ3) is 15.5. The van der Waals surface area contributed by atoms with Crippen molar-refractivity contribution in [2.75, 3.05) is 19.6 Å². The lowest BCUT2D eigenvalue weighted by atomic mass is 10.1. The zero-order valence-corrected chi connectivity index (χ0v) is 19.3. The number of nitrogens with zero attached hydrogens (tertiary/aromatic N) is 1. The van der Waals surface area contributed by atoms with E-state index >= 15 is 0 Å². The van der Waals surface area contributed by atoms with E-state index in [0.29, 0.717) is 0 Å². The fourth-order valence-electron chi connectivity index (χ4n) is 4.79. The predicted molar refractivity (Wildman–Crippen MR) is 124 cm³/mol. The quantitative estimate of drug-likeness (QED) is 0.191. The highest BCUT2D eigenvalue weighted by atomic mass is 15.1. The lowest BCUT2D eigenvalue weighted by molar-refractivity contribution is 0.222. The highest BCUT2D eigenvalue weighted by Gasteiger charge is 2.18. The molecule has 162 valence electrons. The van der Waals surface area contributed by atoms with Gasteiger partial charge in [-0.05, 0) is 44.7 Å². The van der Waals surface area contributed by atoms with Crippen LogP contribution in [0.4, 0.5) is 0 Å². The van der Waals surface area contributed by atoms with E-state index in [0.717, 1.165) is 5.92 Å². The molecule has 0 heterocycles. The summed E-state index contributed by atoms with van der Waals surface area (Å²) in [6.07, 6.45) is 29.2. The number of hydrogen-bond acceptors (Lipinski definition) is 1. The van der Waals surface area contributed by atoms with Crippen molar-refractivity contribution < 1.29 is 0 Å². The Morgan fingerprint density at radius 3 is 1.30 bits per heavy atom. The van der Waals surface area contributed by atoms with Gasteiger partial charge in [0, 0.05) is 6.54 Å². The van der Waals surface area contributed by atoms with Crippen molar-refractivity contribution in [3.8, 4) is 0 Å². The summed E-state index contributed by atoms with van der Waals surface area (Å²) in [5, 5.41) is 0. The highest BCUT2D eigenvalue weighted by Crippen LogP contribution is 2.26. The second kappa shape index (κ2) is 19.3. The van der Waals surface area contributed by atoms with Gasteiger partial charge >= 0.3 is 0 Å². The van der Waals surface area contributed by atoms with Gasteiger partial charge in [0.1, 0.15) is 0 Å². The molecule has 0 spiro atoms. The van der Waals surface area contributed by atoms with Gasteiger partial charge in [0.15, 0.2) is 0 Å². The summed E-state index contributed by atoms with van der Waals surface area (Å²) in [4.78, 5) is 2.85. The Morgan fingerprint density at radius 2 is 0.889 bits per heavy atom. The molecule has 1 fully saturated rings. The Morgan fingerprint density at radius 1 is 0.519 bits per heavy atom. The standard InChI is InChI=1S/C26H53N/c1-3-5-7-9-11-13-15-19-23-27(25-26-21-17-18-22-26)24-20-16-14-12-10-8-6-4-2/h26H,3-25H2,1-2H3. The van der Waals surface area contributed by atoms with Crippen LogP contribution in [0.5, 0.6) is 0 Å². The van der Waals surface area contributed by atoms with Gasteiger partial charge in [-0.3, -0.25) is 0 Å². The van der Waals surface area contributed by atoms with E-state index in [1.54, 1.807) is 0 Å². The van der Waals surface area contributed by atoms with E-state index < -0.39 is 0 Å². The summed E-state index contributed by atoms with van der Waals surface area (Å²) in [5.41, 5.74) is 0. The zero-order valence-electron chi connectivity index (χ0n) is 19.3. The van der Waals surface area contributed by atoms with Crippen LogP contribution in [-0.2, 0) is 0 Å². The lowest BCUT2D eigenvalue weighted by Crippen LogP contribution is -2.30. The predicted octanol–water partition coefficient (Wildman–Crippen LogP) is 8.76. The molecule has 27 heavy (non-hydrogen) atoms. The summed E-state index contributed by atoms with van der Waals surface area (Å²) < 4.78 is 0. The maximum Gasteiger partial charge on any atom is 0.000965 e. The van der Waals surface area contributed by atoms with Gasteiger partial charge in [0.25, 0.3) is 0 Å². The zero-order chi connectivity index (χ0) is 19.4. The van der Waals surface area contributed by atoms with Gasteiger partial charge in [-0.15, -0.1) is 0 Å². The molecule has 1 aliphatic carbocycles. The Labute approximate surface area is 173 Å². The minimum Gasteiger partial charge on any atom is -0.303 e. The average molecular weight is 380 g/mol. The number of rotatable bonds is 20. The minimum atomic E-state index is 1.02. The summed E-state index contributed by atoms with van der Waals surface area (Å²) >= 11 is 0. The highest BCUT2D eigenvalue weighted by molar-refractivity contribution is 4.72. The summed E-state index contributed by atoms with van der Waals surface area (Å²) in [6.45, 7) is 8.79. The topological polar surface area (TPSA) is 3.24 Å². The van der Waals surface area contributed by atoms with Gasteiger partial charge < -0.3 is 4.90 Å². The first kappa shape index (κ1) is 25.0. The van der Waals surface area contributed by atoms with Crippen LogP contribution in [0.2, 0.25) is 0 Å². The van der Waals surface area contributed by atoms with Gasteiger partial charge in [0.05, 0.1) is 0 Å². The molecule has 0 unspecified atom stereocenters. The van der Waals surface area contributed by atoms with Crippen LogP contribution in [-0.4, -0.2) is 24.5 Å². The second-order valence-electron chi connectivity index (χ2n) is 9.40. The van der Waals surface area contributed by atoms with Crippen LogP contribution in [0.1, 0.15) is 142 Å². The second-order valence-corrected chi connectivity index (χ2v) is 9.40. The summed E-state index contributed by atoms with van der Waals surface area (Å²) in [5.74, 6) is 1.02. The molecule has 0 bridgehead atoms. The van der Waals surface area contributed by atoms with Crippen molar-refractivity contribution in [2.24, 2.45) is 5.92 Å². The Bertz CT molecular complexity index is 262. The van der Waals surface area contributed by atoms with Crippen molar-refractivity contribution >= 4 is 0 Å². The first-order valence-electron chi connectivity index (χ1n) is 13.1. The molecular formula is C26H53N. The van der Waals surface area contributed by atoms with E-state index in [2.05, 4.69) is 18.7 Å². The van der Waals surface area contributed by atoms with E-state index in [1.807, 2.05) is 0 Å². The van der Waals surface area contributed by atoms with Crippen LogP contribution >= 0.6 is 0 Å². The normalized spacial score (nSPS) is 15.2. The molecule has 1 saturated carbocycles. The summed E-state index contributed by atoms with van der Waals surface area (Å²) in [7, 11) is 0. The van der Waals surface area contributed by atoms with Crippen molar-refractivity contribution in [3.63, 3.8) is 0 Å². The van der Waals surface area contributed by atoms with Crippen LogP contribution in [0, 0.1) is 5.92 Å². The average Bonchev–Trinajstić information content (AvgIpc) is 3.18. The molecule has 0 aromatic rings.